The highest BCUT2D eigenvalue weighted by Gasteiger charge is 2.05. The molecule has 0 unspecified atom stereocenters. The summed E-state index contributed by atoms with van der Waals surface area (Å²) in [5, 5.41) is 13.3. The van der Waals surface area contributed by atoms with Crippen LogP contribution in [0.3, 0.4) is 0 Å². The van der Waals surface area contributed by atoms with E-state index >= 15 is 0 Å². The molecule has 0 saturated heterocycles. The van der Waals surface area contributed by atoms with Crippen molar-refractivity contribution in [3.05, 3.63) is 29.3 Å². The average Bonchev–Trinajstić information content (AvgIpc) is 2.86. The summed E-state index contributed by atoms with van der Waals surface area (Å²) < 4.78 is 1.00. The number of hydrogen-bond acceptors (Lipinski definition) is 6. The predicted molar refractivity (Wildman–Crippen MR) is 84.9 cm³/mol. The zero-order valence-electron chi connectivity index (χ0n) is 10.8. The Labute approximate surface area is 126 Å². The first kappa shape index (κ1) is 14.4. The van der Waals surface area contributed by atoms with Gasteiger partial charge in [0, 0.05) is 37.1 Å². The highest BCUT2D eigenvalue weighted by molar-refractivity contribution is 8.01. The lowest BCUT2D eigenvalue weighted by Gasteiger charge is -2.05. The van der Waals surface area contributed by atoms with Crippen molar-refractivity contribution in [2.45, 2.75) is 4.34 Å². The molecule has 0 aliphatic heterocycles. The summed E-state index contributed by atoms with van der Waals surface area (Å²) in [6.45, 7) is 0.878. The molecule has 0 spiro atoms. The van der Waals surface area contributed by atoms with E-state index in [0.717, 1.165) is 32.5 Å². The first-order valence-electron chi connectivity index (χ1n) is 5.78. The molecule has 2 aromatic rings. The minimum Gasteiger partial charge on any atom is -0.384 e. The van der Waals surface area contributed by atoms with E-state index in [-0.39, 0.29) is 0 Å². The fourth-order valence-corrected chi connectivity index (χ4v) is 3.16. The van der Waals surface area contributed by atoms with Crippen LogP contribution in [0.4, 0.5) is 10.8 Å². The van der Waals surface area contributed by atoms with Gasteiger partial charge in [-0.3, -0.25) is 0 Å². The molecule has 0 aliphatic rings. The fourth-order valence-electron chi connectivity index (χ4n) is 1.34. The van der Waals surface area contributed by atoms with E-state index in [0.29, 0.717) is 0 Å². The highest BCUT2D eigenvalue weighted by Crippen LogP contribution is 2.26. The third kappa shape index (κ3) is 4.56. The van der Waals surface area contributed by atoms with Crippen LogP contribution < -0.4 is 10.2 Å². The molecule has 0 fully saturated rings. The van der Waals surface area contributed by atoms with Gasteiger partial charge in [-0.05, 0) is 24.3 Å². The molecule has 0 atom stereocenters. The van der Waals surface area contributed by atoms with E-state index in [1.165, 1.54) is 0 Å². The molecule has 7 heteroatoms. The molecule has 0 aliphatic carbocycles. The summed E-state index contributed by atoms with van der Waals surface area (Å²) in [4.78, 5) is 1.97. The number of nitrogens with zero attached hydrogens (tertiary/aromatic N) is 3. The second-order valence-corrected chi connectivity index (χ2v) is 6.76. The van der Waals surface area contributed by atoms with Crippen molar-refractivity contribution in [1.29, 1.82) is 0 Å². The summed E-state index contributed by atoms with van der Waals surface area (Å²) in [5.41, 5.74) is 1.08. The zero-order valence-corrected chi connectivity index (χ0v) is 13.1. The molecule has 1 heterocycles. The van der Waals surface area contributed by atoms with Crippen LogP contribution >= 0.6 is 34.7 Å². The van der Waals surface area contributed by atoms with Crippen LogP contribution in [0, 0.1) is 0 Å². The number of nitrogens with one attached hydrogen (secondary N) is 1. The second-order valence-electron chi connectivity index (χ2n) is 4.03. The SMILES string of the molecule is CN(C)c1nnc(SCCNc2ccc(Cl)cc2)s1. The first-order chi connectivity index (χ1) is 9.15. The highest BCUT2D eigenvalue weighted by atomic mass is 35.5. The van der Waals surface area contributed by atoms with Crippen LogP contribution in [0.2, 0.25) is 5.02 Å². The van der Waals surface area contributed by atoms with Gasteiger partial charge in [0.2, 0.25) is 5.13 Å². The minimum atomic E-state index is 0.755. The Morgan fingerprint density at radius 2 is 2.00 bits per heavy atom. The molecule has 102 valence electrons. The van der Waals surface area contributed by atoms with Crippen molar-refractivity contribution in [1.82, 2.24) is 10.2 Å². The Kier molecular flexibility index (Phi) is 5.30. The lowest BCUT2D eigenvalue weighted by molar-refractivity contribution is 0.972. The lowest BCUT2D eigenvalue weighted by atomic mass is 10.3. The van der Waals surface area contributed by atoms with Gasteiger partial charge in [0.1, 0.15) is 0 Å². The van der Waals surface area contributed by atoms with Crippen LogP contribution in [0.5, 0.6) is 0 Å². The van der Waals surface area contributed by atoms with Crippen molar-refractivity contribution in [3.8, 4) is 0 Å². The number of thioether (sulfide) groups is 1. The van der Waals surface area contributed by atoms with Crippen LogP contribution in [0.25, 0.3) is 0 Å². The van der Waals surface area contributed by atoms with Crippen molar-refractivity contribution in [3.63, 3.8) is 0 Å². The number of aromatic nitrogens is 2. The molecule has 1 aromatic carbocycles. The summed E-state index contributed by atoms with van der Waals surface area (Å²) in [7, 11) is 3.94. The van der Waals surface area contributed by atoms with Crippen molar-refractivity contribution in [2.75, 3.05) is 36.6 Å². The first-order valence-corrected chi connectivity index (χ1v) is 7.96. The van der Waals surface area contributed by atoms with Gasteiger partial charge < -0.3 is 10.2 Å². The molecule has 0 bridgehead atoms. The van der Waals surface area contributed by atoms with E-state index in [9.17, 15) is 0 Å². The van der Waals surface area contributed by atoms with E-state index in [1.54, 1.807) is 23.1 Å². The summed E-state index contributed by atoms with van der Waals surface area (Å²) in [5.74, 6) is 0.949. The second kappa shape index (κ2) is 6.98. The quantitative estimate of drug-likeness (QED) is 0.653. The number of hydrogen-bond donors (Lipinski definition) is 1. The van der Waals surface area contributed by atoms with Gasteiger partial charge in [-0.15, -0.1) is 10.2 Å². The van der Waals surface area contributed by atoms with E-state index < -0.39 is 0 Å². The smallest absolute Gasteiger partial charge is 0.208 e. The summed E-state index contributed by atoms with van der Waals surface area (Å²) in [6.07, 6.45) is 0. The largest absolute Gasteiger partial charge is 0.384 e. The van der Waals surface area contributed by atoms with Crippen LogP contribution in [-0.2, 0) is 0 Å². The van der Waals surface area contributed by atoms with Gasteiger partial charge >= 0.3 is 0 Å². The standard InChI is InChI=1S/C12H15ClN4S2/c1-17(2)11-15-16-12(19-11)18-8-7-14-10-5-3-9(13)4-6-10/h3-6,14H,7-8H2,1-2H3. The van der Waals surface area contributed by atoms with Gasteiger partial charge in [-0.25, -0.2) is 0 Å². The van der Waals surface area contributed by atoms with Gasteiger partial charge in [0.25, 0.3) is 0 Å². The fraction of sp³-hybridized carbons (Fsp3) is 0.333. The Hall–Kier alpha value is -0.980. The molecule has 0 saturated carbocycles. The third-order valence-electron chi connectivity index (χ3n) is 2.28. The van der Waals surface area contributed by atoms with E-state index in [4.69, 9.17) is 11.6 Å². The third-order valence-corrected chi connectivity index (χ3v) is 4.76. The summed E-state index contributed by atoms with van der Waals surface area (Å²) in [6, 6.07) is 7.71. The topological polar surface area (TPSA) is 41.1 Å². The predicted octanol–water partition coefficient (Wildman–Crippen LogP) is 3.46. The zero-order chi connectivity index (χ0) is 13.7. The van der Waals surface area contributed by atoms with Crippen LogP contribution in [0.15, 0.2) is 28.6 Å². The molecular formula is C12H15ClN4S2. The number of halogens is 1. The molecule has 1 N–H and O–H groups in total. The Morgan fingerprint density at radius 1 is 1.26 bits per heavy atom. The average molecular weight is 315 g/mol. The molecular weight excluding hydrogens is 300 g/mol. The summed E-state index contributed by atoms with van der Waals surface area (Å²) >= 11 is 9.15. The molecule has 0 amide bonds. The van der Waals surface area contributed by atoms with Crippen molar-refractivity contribution in [2.24, 2.45) is 0 Å². The Bertz CT molecular complexity index is 513. The maximum absolute atomic E-state index is 5.83. The molecule has 0 radical (unpaired) electrons. The van der Waals surface area contributed by atoms with Crippen LogP contribution in [-0.4, -0.2) is 36.6 Å². The Morgan fingerprint density at radius 3 is 2.63 bits per heavy atom. The Balaban J connectivity index is 1.72. The molecule has 19 heavy (non-hydrogen) atoms. The van der Waals surface area contributed by atoms with Gasteiger partial charge in [-0.2, -0.15) is 0 Å². The van der Waals surface area contributed by atoms with Crippen molar-refractivity contribution < 1.29 is 0 Å². The maximum atomic E-state index is 5.83. The molecule has 2 rings (SSSR count). The lowest BCUT2D eigenvalue weighted by Crippen LogP contribution is -2.07. The molecule has 1 aromatic heterocycles. The number of rotatable bonds is 6. The van der Waals surface area contributed by atoms with Gasteiger partial charge in [0.15, 0.2) is 4.34 Å². The number of benzene rings is 1. The normalized spacial score (nSPS) is 10.5. The minimum absolute atomic E-state index is 0.755. The maximum Gasteiger partial charge on any atom is 0.208 e. The van der Waals surface area contributed by atoms with Gasteiger partial charge in [0.05, 0.1) is 0 Å². The van der Waals surface area contributed by atoms with Gasteiger partial charge in [-0.1, -0.05) is 34.7 Å². The monoisotopic (exact) mass is 314 g/mol. The van der Waals surface area contributed by atoms with Crippen LogP contribution in [0.1, 0.15) is 0 Å². The van der Waals surface area contributed by atoms with E-state index in [1.807, 2.05) is 43.3 Å². The van der Waals surface area contributed by atoms with E-state index in [2.05, 4.69) is 15.5 Å². The molecule has 4 nitrogen and oxygen atoms in total. The van der Waals surface area contributed by atoms with Crippen molar-refractivity contribution >= 4 is 45.5 Å². The number of anilines is 2.